The van der Waals surface area contributed by atoms with Crippen LogP contribution in [0.5, 0.6) is 5.75 Å². The largest absolute Gasteiger partial charge is 0.492 e. The minimum atomic E-state index is -0.217. The lowest BCUT2D eigenvalue weighted by Gasteiger charge is -2.12. The molecule has 1 heterocycles. The molecule has 0 saturated heterocycles. The monoisotopic (exact) mass is 367 g/mol. The highest BCUT2D eigenvalue weighted by atomic mass is 35.5. The molecule has 26 heavy (non-hydrogen) atoms. The first-order valence-electron chi connectivity index (χ1n) is 8.17. The van der Waals surface area contributed by atoms with E-state index in [0.717, 1.165) is 11.4 Å². The zero-order valence-electron chi connectivity index (χ0n) is 14.2. The Morgan fingerprint density at radius 3 is 2.54 bits per heavy atom. The van der Waals surface area contributed by atoms with Crippen molar-refractivity contribution in [2.24, 2.45) is 0 Å². The normalized spacial score (nSPS) is 10.2. The lowest BCUT2D eigenvalue weighted by molar-refractivity contribution is 0.102. The van der Waals surface area contributed by atoms with Crippen LogP contribution in [0, 0.1) is 0 Å². The quantitative estimate of drug-likeness (QED) is 0.634. The smallest absolute Gasteiger partial charge is 0.255 e. The van der Waals surface area contributed by atoms with Gasteiger partial charge in [-0.2, -0.15) is 0 Å². The number of hydrogen-bond donors (Lipinski definition) is 2. The molecule has 3 rings (SSSR count). The van der Waals surface area contributed by atoms with Gasteiger partial charge in [0, 0.05) is 10.6 Å². The highest BCUT2D eigenvalue weighted by molar-refractivity contribution is 6.30. The van der Waals surface area contributed by atoms with Crippen LogP contribution in [0.3, 0.4) is 0 Å². The van der Waals surface area contributed by atoms with Gasteiger partial charge in [-0.25, -0.2) is 4.98 Å². The minimum Gasteiger partial charge on any atom is -0.492 e. The third-order valence-electron chi connectivity index (χ3n) is 3.58. The number of anilines is 3. The number of benzene rings is 2. The lowest BCUT2D eigenvalue weighted by Crippen LogP contribution is -2.11. The van der Waals surface area contributed by atoms with E-state index in [0.29, 0.717) is 28.7 Å². The molecular weight excluding hydrogens is 350 g/mol. The van der Waals surface area contributed by atoms with Crippen LogP contribution in [0.25, 0.3) is 0 Å². The van der Waals surface area contributed by atoms with Gasteiger partial charge in [0.1, 0.15) is 11.6 Å². The molecule has 1 aromatic heterocycles. The van der Waals surface area contributed by atoms with Crippen molar-refractivity contribution in [3.8, 4) is 5.75 Å². The Morgan fingerprint density at radius 1 is 1.08 bits per heavy atom. The topological polar surface area (TPSA) is 63.2 Å². The molecular formula is C20H18ClN3O2. The van der Waals surface area contributed by atoms with Gasteiger partial charge in [0.25, 0.3) is 5.91 Å². The van der Waals surface area contributed by atoms with Crippen LogP contribution in [0.2, 0.25) is 5.02 Å². The molecule has 0 spiro atoms. The standard InChI is InChI=1S/C20H18ClN3O2/c1-2-26-18-6-4-3-5-17(18)24-19-12-11-16(13-22-19)23-20(25)14-7-9-15(21)10-8-14/h3-13H,2H2,1H3,(H,22,24)(H,23,25). The lowest BCUT2D eigenvalue weighted by atomic mass is 10.2. The first-order chi connectivity index (χ1) is 12.7. The van der Waals surface area contributed by atoms with E-state index in [9.17, 15) is 4.79 Å². The number of rotatable bonds is 6. The van der Waals surface area contributed by atoms with Crippen molar-refractivity contribution in [1.82, 2.24) is 4.98 Å². The van der Waals surface area contributed by atoms with Crippen LogP contribution in [0.4, 0.5) is 17.2 Å². The molecule has 0 bridgehead atoms. The van der Waals surface area contributed by atoms with Gasteiger partial charge >= 0.3 is 0 Å². The summed E-state index contributed by atoms with van der Waals surface area (Å²) < 4.78 is 5.59. The maximum atomic E-state index is 12.2. The Labute approximate surface area is 157 Å². The number of hydrogen-bond acceptors (Lipinski definition) is 4. The zero-order valence-corrected chi connectivity index (χ0v) is 15.0. The van der Waals surface area contributed by atoms with E-state index in [4.69, 9.17) is 16.3 Å². The van der Waals surface area contributed by atoms with Crippen molar-refractivity contribution in [2.45, 2.75) is 6.92 Å². The Kier molecular flexibility index (Phi) is 5.71. The molecule has 3 aromatic rings. The third-order valence-corrected chi connectivity index (χ3v) is 3.83. The van der Waals surface area contributed by atoms with E-state index in [1.807, 2.05) is 31.2 Å². The second-order valence-electron chi connectivity index (χ2n) is 5.45. The van der Waals surface area contributed by atoms with Gasteiger partial charge in [0.05, 0.1) is 24.2 Å². The molecule has 0 saturated carbocycles. The number of pyridine rings is 1. The fourth-order valence-electron chi connectivity index (χ4n) is 2.34. The summed E-state index contributed by atoms with van der Waals surface area (Å²) in [5, 5.41) is 6.60. The Balaban J connectivity index is 1.67. The summed E-state index contributed by atoms with van der Waals surface area (Å²) in [6.07, 6.45) is 1.60. The van der Waals surface area contributed by atoms with Crippen LogP contribution >= 0.6 is 11.6 Å². The number of nitrogens with one attached hydrogen (secondary N) is 2. The first-order valence-corrected chi connectivity index (χ1v) is 8.55. The fourth-order valence-corrected chi connectivity index (χ4v) is 2.46. The van der Waals surface area contributed by atoms with Crippen LogP contribution < -0.4 is 15.4 Å². The third kappa shape index (κ3) is 4.52. The summed E-state index contributed by atoms with van der Waals surface area (Å²) in [6.45, 7) is 2.52. The maximum absolute atomic E-state index is 12.2. The van der Waals surface area contributed by atoms with Gasteiger partial charge in [0.2, 0.25) is 0 Å². The highest BCUT2D eigenvalue weighted by Crippen LogP contribution is 2.27. The molecule has 2 N–H and O–H groups in total. The summed E-state index contributed by atoms with van der Waals surface area (Å²) in [5.74, 6) is 1.20. The van der Waals surface area contributed by atoms with Crippen molar-refractivity contribution >= 4 is 34.7 Å². The Hall–Kier alpha value is -3.05. The number of carbonyl (C=O) groups excluding carboxylic acids is 1. The average molecular weight is 368 g/mol. The van der Waals surface area contributed by atoms with Gasteiger partial charge in [-0.3, -0.25) is 4.79 Å². The van der Waals surface area contributed by atoms with Crippen molar-refractivity contribution in [1.29, 1.82) is 0 Å². The second-order valence-corrected chi connectivity index (χ2v) is 5.88. The highest BCUT2D eigenvalue weighted by Gasteiger charge is 2.07. The maximum Gasteiger partial charge on any atom is 0.255 e. The predicted molar refractivity (Wildman–Crippen MR) is 105 cm³/mol. The number of ether oxygens (including phenoxy) is 1. The van der Waals surface area contributed by atoms with E-state index in [1.165, 1.54) is 0 Å². The van der Waals surface area contributed by atoms with E-state index in [-0.39, 0.29) is 5.91 Å². The molecule has 1 amide bonds. The van der Waals surface area contributed by atoms with E-state index >= 15 is 0 Å². The van der Waals surface area contributed by atoms with Crippen LogP contribution in [-0.2, 0) is 0 Å². The molecule has 5 nitrogen and oxygen atoms in total. The molecule has 132 valence electrons. The van der Waals surface area contributed by atoms with Crippen molar-refractivity contribution in [3.63, 3.8) is 0 Å². The summed E-state index contributed by atoms with van der Waals surface area (Å²) in [6, 6.07) is 17.9. The molecule has 0 aliphatic carbocycles. The number of aromatic nitrogens is 1. The molecule has 0 fully saturated rings. The van der Waals surface area contributed by atoms with Crippen molar-refractivity contribution in [3.05, 3.63) is 77.4 Å². The number of carbonyl (C=O) groups is 1. The van der Waals surface area contributed by atoms with Gasteiger partial charge in [-0.05, 0) is 55.5 Å². The number of halogens is 1. The molecule has 0 radical (unpaired) electrons. The fraction of sp³-hybridized carbons (Fsp3) is 0.100. The summed E-state index contributed by atoms with van der Waals surface area (Å²) in [4.78, 5) is 16.5. The van der Waals surface area contributed by atoms with E-state index in [2.05, 4.69) is 15.6 Å². The molecule has 0 atom stereocenters. The number of nitrogens with zero attached hydrogens (tertiary/aromatic N) is 1. The Bertz CT molecular complexity index is 880. The minimum absolute atomic E-state index is 0.217. The zero-order chi connectivity index (χ0) is 18.4. The summed E-state index contributed by atoms with van der Waals surface area (Å²) in [5.41, 5.74) is 1.97. The van der Waals surface area contributed by atoms with Gasteiger partial charge in [-0.1, -0.05) is 23.7 Å². The summed E-state index contributed by atoms with van der Waals surface area (Å²) >= 11 is 5.83. The predicted octanol–water partition coefficient (Wildman–Crippen LogP) is 5.13. The molecule has 0 aliphatic heterocycles. The molecule has 0 unspecified atom stereocenters. The van der Waals surface area contributed by atoms with Crippen molar-refractivity contribution in [2.75, 3.05) is 17.2 Å². The van der Waals surface area contributed by atoms with Crippen LogP contribution in [0.1, 0.15) is 17.3 Å². The van der Waals surface area contributed by atoms with Gasteiger partial charge < -0.3 is 15.4 Å². The molecule has 2 aromatic carbocycles. The van der Waals surface area contributed by atoms with E-state index < -0.39 is 0 Å². The second kappa shape index (κ2) is 8.36. The summed E-state index contributed by atoms with van der Waals surface area (Å²) in [7, 11) is 0. The van der Waals surface area contributed by atoms with Crippen LogP contribution in [0.15, 0.2) is 66.9 Å². The van der Waals surface area contributed by atoms with Gasteiger partial charge in [0.15, 0.2) is 0 Å². The van der Waals surface area contributed by atoms with E-state index in [1.54, 1.807) is 42.6 Å². The Morgan fingerprint density at radius 2 is 1.85 bits per heavy atom. The first kappa shape index (κ1) is 17.8. The van der Waals surface area contributed by atoms with Gasteiger partial charge in [-0.15, -0.1) is 0 Å². The molecule has 6 heteroatoms. The van der Waals surface area contributed by atoms with Crippen molar-refractivity contribution < 1.29 is 9.53 Å². The van der Waals surface area contributed by atoms with Crippen LogP contribution in [-0.4, -0.2) is 17.5 Å². The molecule has 0 aliphatic rings. The average Bonchev–Trinajstić information content (AvgIpc) is 2.65. The number of para-hydroxylation sites is 2. The SMILES string of the molecule is CCOc1ccccc1Nc1ccc(NC(=O)c2ccc(Cl)cc2)cn1. The number of amides is 1.